The molecule has 0 atom stereocenters. The third-order valence-electron chi connectivity index (χ3n) is 1.89. The zero-order valence-corrected chi connectivity index (χ0v) is 10.5. The Kier molecular flexibility index (Phi) is 3.63. The molecule has 3 nitrogen and oxygen atoms in total. The summed E-state index contributed by atoms with van der Waals surface area (Å²) in [5.74, 6) is 0. The summed E-state index contributed by atoms with van der Waals surface area (Å²) in [6.07, 6.45) is 3.62. The van der Waals surface area contributed by atoms with E-state index in [1.54, 1.807) is 6.20 Å². The van der Waals surface area contributed by atoms with E-state index in [2.05, 4.69) is 26.0 Å². The predicted octanol–water partition coefficient (Wildman–Crippen LogP) is 3.07. The maximum Gasteiger partial charge on any atom is 0.0855 e. The Hall–Kier alpha value is -0.900. The molecular weight excluding hydrogens is 242 g/mol. The molecule has 2 heterocycles. The molecular formula is C10H14BrN3. The van der Waals surface area contributed by atoms with E-state index in [0.29, 0.717) is 0 Å². The molecule has 0 saturated carbocycles. The molecule has 0 aliphatic heterocycles. The van der Waals surface area contributed by atoms with Gasteiger partial charge >= 0.3 is 0 Å². The highest BCUT2D eigenvalue weighted by Crippen LogP contribution is 2.23. The van der Waals surface area contributed by atoms with Gasteiger partial charge in [-0.05, 0) is 22.9 Å². The molecule has 0 unspecified atom stereocenters. The highest BCUT2D eigenvalue weighted by Gasteiger charge is 2.06. The summed E-state index contributed by atoms with van der Waals surface area (Å²) >= 11 is 3.44. The second kappa shape index (κ2) is 4.55. The molecule has 0 spiro atoms. The highest BCUT2D eigenvalue weighted by molar-refractivity contribution is 9.10. The standard InChI is InChI=1S/C8H8BrN3.C2H6/c1-5-6-3-10-4-7(9)8(6)12(2)11-5;1-2/h3-4H,1-2H3;1-2H3. The van der Waals surface area contributed by atoms with Crippen LogP contribution in [0.4, 0.5) is 0 Å². The Morgan fingerprint density at radius 3 is 2.50 bits per heavy atom. The molecule has 14 heavy (non-hydrogen) atoms. The molecule has 0 amide bonds. The minimum Gasteiger partial charge on any atom is -0.266 e. The zero-order valence-electron chi connectivity index (χ0n) is 8.87. The molecule has 0 aliphatic carbocycles. The zero-order chi connectivity index (χ0) is 10.7. The average Bonchev–Trinajstić information content (AvgIpc) is 2.47. The fourth-order valence-electron chi connectivity index (χ4n) is 1.35. The summed E-state index contributed by atoms with van der Waals surface area (Å²) in [6.45, 7) is 5.98. The average molecular weight is 256 g/mol. The summed E-state index contributed by atoms with van der Waals surface area (Å²) in [5, 5.41) is 5.40. The van der Waals surface area contributed by atoms with Crippen molar-refractivity contribution < 1.29 is 0 Å². The lowest BCUT2D eigenvalue weighted by Gasteiger charge is -1.95. The van der Waals surface area contributed by atoms with Crippen LogP contribution < -0.4 is 0 Å². The van der Waals surface area contributed by atoms with Crippen LogP contribution in [0.3, 0.4) is 0 Å². The van der Waals surface area contributed by atoms with Gasteiger partial charge in [-0.2, -0.15) is 5.10 Å². The number of fused-ring (bicyclic) bond motifs is 1. The van der Waals surface area contributed by atoms with Gasteiger partial charge in [0.25, 0.3) is 0 Å². The number of hydrogen-bond acceptors (Lipinski definition) is 2. The van der Waals surface area contributed by atoms with E-state index in [4.69, 9.17) is 0 Å². The lowest BCUT2D eigenvalue weighted by Crippen LogP contribution is -1.90. The van der Waals surface area contributed by atoms with Crippen molar-refractivity contribution in [2.75, 3.05) is 0 Å². The Morgan fingerprint density at radius 2 is 1.93 bits per heavy atom. The summed E-state index contributed by atoms with van der Waals surface area (Å²) in [4.78, 5) is 4.09. The number of pyridine rings is 1. The van der Waals surface area contributed by atoms with Crippen molar-refractivity contribution in [2.24, 2.45) is 7.05 Å². The fraction of sp³-hybridized carbons (Fsp3) is 0.400. The Morgan fingerprint density at radius 1 is 1.29 bits per heavy atom. The summed E-state index contributed by atoms with van der Waals surface area (Å²) in [7, 11) is 1.93. The first-order chi connectivity index (χ1) is 6.70. The maximum absolute atomic E-state index is 4.30. The third kappa shape index (κ3) is 1.80. The van der Waals surface area contributed by atoms with Crippen LogP contribution in [0.25, 0.3) is 10.9 Å². The van der Waals surface area contributed by atoms with Gasteiger partial charge in [0.1, 0.15) is 0 Å². The fourth-order valence-corrected chi connectivity index (χ4v) is 1.94. The molecule has 0 aliphatic rings. The lowest BCUT2D eigenvalue weighted by atomic mass is 10.3. The minimum absolute atomic E-state index is 0.989. The first kappa shape index (κ1) is 11.2. The van der Waals surface area contributed by atoms with E-state index >= 15 is 0 Å². The van der Waals surface area contributed by atoms with E-state index in [1.807, 2.05) is 38.7 Å². The van der Waals surface area contributed by atoms with E-state index in [0.717, 1.165) is 21.1 Å². The third-order valence-corrected chi connectivity index (χ3v) is 2.47. The minimum atomic E-state index is 0.989. The van der Waals surface area contributed by atoms with Crippen molar-refractivity contribution in [2.45, 2.75) is 20.8 Å². The molecule has 0 saturated heterocycles. The number of hydrogen-bond donors (Lipinski definition) is 0. The van der Waals surface area contributed by atoms with Crippen molar-refractivity contribution in [1.29, 1.82) is 0 Å². The van der Waals surface area contributed by atoms with Gasteiger partial charge < -0.3 is 0 Å². The van der Waals surface area contributed by atoms with Gasteiger partial charge in [0.05, 0.1) is 15.7 Å². The number of halogens is 1. The van der Waals surface area contributed by atoms with Crippen LogP contribution in [0.2, 0.25) is 0 Å². The van der Waals surface area contributed by atoms with Gasteiger partial charge in [-0.1, -0.05) is 13.8 Å². The molecule has 0 aromatic carbocycles. The van der Waals surface area contributed by atoms with E-state index in [9.17, 15) is 0 Å². The van der Waals surface area contributed by atoms with Crippen molar-refractivity contribution in [1.82, 2.24) is 14.8 Å². The number of nitrogens with zero attached hydrogens (tertiary/aromatic N) is 3. The van der Waals surface area contributed by atoms with Gasteiger partial charge in [0.15, 0.2) is 0 Å². The number of aryl methyl sites for hydroxylation is 2. The predicted molar refractivity (Wildman–Crippen MR) is 62.3 cm³/mol. The van der Waals surface area contributed by atoms with Crippen LogP contribution >= 0.6 is 15.9 Å². The van der Waals surface area contributed by atoms with Gasteiger partial charge in [-0.15, -0.1) is 0 Å². The van der Waals surface area contributed by atoms with Crippen LogP contribution in [0.1, 0.15) is 19.5 Å². The Bertz CT molecular complexity index is 434. The molecule has 0 bridgehead atoms. The van der Waals surface area contributed by atoms with E-state index < -0.39 is 0 Å². The molecule has 2 aromatic heterocycles. The quantitative estimate of drug-likeness (QED) is 0.725. The van der Waals surface area contributed by atoms with Crippen LogP contribution in [0.5, 0.6) is 0 Å². The van der Waals surface area contributed by atoms with E-state index in [1.165, 1.54) is 0 Å². The number of rotatable bonds is 0. The summed E-state index contributed by atoms with van der Waals surface area (Å²) < 4.78 is 2.85. The molecule has 0 fully saturated rings. The van der Waals surface area contributed by atoms with E-state index in [-0.39, 0.29) is 0 Å². The monoisotopic (exact) mass is 255 g/mol. The topological polar surface area (TPSA) is 30.7 Å². The van der Waals surface area contributed by atoms with Crippen molar-refractivity contribution in [3.05, 3.63) is 22.6 Å². The van der Waals surface area contributed by atoms with Crippen LogP contribution in [0, 0.1) is 6.92 Å². The molecule has 0 radical (unpaired) electrons. The lowest BCUT2D eigenvalue weighted by molar-refractivity contribution is 0.782. The second-order valence-electron chi connectivity index (χ2n) is 2.73. The first-order valence-electron chi connectivity index (χ1n) is 4.63. The van der Waals surface area contributed by atoms with Crippen LogP contribution in [-0.4, -0.2) is 14.8 Å². The smallest absolute Gasteiger partial charge is 0.0855 e. The first-order valence-corrected chi connectivity index (χ1v) is 5.42. The van der Waals surface area contributed by atoms with Crippen molar-refractivity contribution in [3.8, 4) is 0 Å². The Balaban J connectivity index is 0.000000461. The van der Waals surface area contributed by atoms with Crippen LogP contribution in [0.15, 0.2) is 16.9 Å². The molecule has 0 N–H and O–H groups in total. The van der Waals surface area contributed by atoms with Crippen molar-refractivity contribution in [3.63, 3.8) is 0 Å². The molecule has 4 heteroatoms. The largest absolute Gasteiger partial charge is 0.266 e. The summed E-state index contributed by atoms with van der Waals surface area (Å²) in [6, 6.07) is 0. The normalized spacial score (nSPS) is 9.79. The number of aromatic nitrogens is 3. The highest BCUT2D eigenvalue weighted by atomic mass is 79.9. The van der Waals surface area contributed by atoms with Crippen LogP contribution in [-0.2, 0) is 7.05 Å². The SMILES string of the molecule is CC.Cc1nn(C)c2c(Br)cncc12. The second-order valence-corrected chi connectivity index (χ2v) is 3.58. The Labute approximate surface area is 92.3 Å². The molecule has 2 aromatic rings. The van der Waals surface area contributed by atoms with Crippen molar-refractivity contribution >= 4 is 26.8 Å². The van der Waals surface area contributed by atoms with Gasteiger partial charge in [-0.3, -0.25) is 9.67 Å². The van der Waals surface area contributed by atoms with Gasteiger partial charge in [-0.25, -0.2) is 0 Å². The van der Waals surface area contributed by atoms with Gasteiger partial charge in [0, 0.05) is 24.8 Å². The van der Waals surface area contributed by atoms with Gasteiger partial charge in [0.2, 0.25) is 0 Å². The summed E-state index contributed by atoms with van der Waals surface area (Å²) in [5.41, 5.74) is 2.11. The molecule has 76 valence electrons. The molecule has 2 rings (SSSR count). The maximum atomic E-state index is 4.30.